The monoisotopic (exact) mass is 364 g/mol. The zero-order valence-corrected chi connectivity index (χ0v) is 15.5. The van der Waals surface area contributed by atoms with Crippen LogP contribution in [0.4, 0.5) is 0 Å². The van der Waals surface area contributed by atoms with Gasteiger partial charge in [-0.15, -0.1) is 0 Å². The van der Waals surface area contributed by atoms with E-state index in [9.17, 15) is 14.7 Å². The molecule has 1 aromatic rings. The summed E-state index contributed by atoms with van der Waals surface area (Å²) in [6, 6.07) is 5.30. The lowest BCUT2D eigenvalue weighted by atomic mass is 9.71. The largest absolute Gasteiger partial charge is 0.463 e. The third kappa shape index (κ3) is 4.69. The summed E-state index contributed by atoms with van der Waals surface area (Å²) in [6.07, 6.45) is 2.13. The summed E-state index contributed by atoms with van der Waals surface area (Å²) in [5, 5.41) is 19.8. The summed E-state index contributed by atoms with van der Waals surface area (Å²) in [7, 11) is 0. The van der Waals surface area contributed by atoms with Gasteiger partial charge in [0.25, 0.3) is 0 Å². The molecule has 0 aliphatic heterocycles. The highest BCUT2D eigenvalue weighted by Crippen LogP contribution is 2.37. The minimum Gasteiger partial charge on any atom is -0.463 e. The van der Waals surface area contributed by atoms with E-state index in [1.807, 2.05) is 19.9 Å². The van der Waals surface area contributed by atoms with E-state index in [2.05, 4.69) is 0 Å². The fraction of sp³-hybridized carbons (Fsp3) is 0.600. The van der Waals surface area contributed by atoms with Crippen LogP contribution in [0, 0.1) is 19.8 Å². The number of ether oxygens (including phenoxy) is 2. The number of carbonyl (C=O) groups is 2. The molecular weight excluding hydrogens is 336 g/mol. The van der Waals surface area contributed by atoms with E-state index < -0.39 is 23.3 Å². The number of carbonyl (C=O) groups excluding carboxylic acids is 2. The molecule has 1 aliphatic carbocycles. The molecule has 6 nitrogen and oxygen atoms in total. The van der Waals surface area contributed by atoms with Gasteiger partial charge in [-0.25, -0.2) is 0 Å². The maximum atomic E-state index is 13.0. The fourth-order valence-corrected chi connectivity index (χ4v) is 3.34. The first-order valence-corrected chi connectivity index (χ1v) is 9.10. The van der Waals surface area contributed by atoms with Gasteiger partial charge in [-0.1, -0.05) is 25.0 Å². The maximum absolute atomic E-state index is 13.0. The van der Waals surface area contributed by atoms with Crippen LogP contribution in [0.5, 0.6) is 0 Å². The molecule has 0 spiro atoms. The summed E-state index contributed by atoms with van der Waals surface area (Å²) in [6.45, 7) is 4.15. The summed E-state index contributed by atoms with van der Waals surface area (Å²) < 4.78 is 10.3. The lowest BCUT2D eigenvalue weighted by Gasteiger charge is -2.37. The third-order valence-corrected chi connectivity index (χ3v) is 5.03. The summed E-state index contributed by atoms with van der Waals surface area (Å²) in [5.41, 5.74) is 0.719. The molecule has 1 saturated carbocycles. The number of hydrogen-bond acceptors (Lipinski definition) is 6. The topological polar surface area (TPSA) is 93.1 Å². The van der Waals surface area contributed by atoms with Crippen molar-refractivity contribution in [2.24, 2.45) is 5.92 Å². The number of aliphatic hydroxyl groups excluding tert-OH is 1. The Kier molecular flexibility index (Phi) is 7.32. The lowest BCUT2D eigenvalue weighted by molar-refractivity contribution is -0.160. The van der Waals surface area contributed by atoms with Gasteiger partial charge in [0.1, 0.15) is 12.2 Å². The zero-order valence-electron chi connectivity index (χ0n) is 15.5. The molecule has 0 amide bonds. The number of Topliss-reactive ketones (excluding diaryl/α,β-unsaturated/α-hetero) is 1. The van der Waals surface area contributed by atoms with Gasteiger partial charge >= 0.3 is 5.97 Å². The van der Waals surface area contributed by atoms with Crippen LogP contribution < -0.4 is 0 Å². The maximum Gasteiger partial charge on any atom is 0.312 e. The van der Waals surface area contributed by atoms with Crippen molar-refractivity contribution in [2.75, 3.05) is 26.4 Å². The van der Waals surface area contributed by atoms with E-state index in [0.29, 0.717) is 18.4 Å². The Bertz CT molecular complexity index is 641. The second-order valence-corrected chi connectivity index (χ2v) is 6.85. The molecule has 0 heterocycles. The van der Waals surface area contributed by atoms with Crippen LogP contribution in [-0.2, 0) is 14.3 Å². The second kappa shape index (κ2) is 9.26. The van der Waals surface area contributed by atoms with Crippen molar-refractivity contribution in [1.29, 1.82) is 0 Å². The molecule has 1 aromatic carbocycles. The van der Waals surface area contributed by atoms with Crippen molar-refractivity contribution < 1.29 is 29.3 Å². The summed E-state index contributed by atoms with van der Waals surface area (Å²) in [5.74, 6) is -1.86. The van der Waals surface area contributed by atoms with Gasteiger partial charge in [-0.3, -0.25) is 9.59 Å². The third-order valence-electron chi connectivity index (χ3n) is 5.03. The van der Waals surface area contributed by atoms with E-state index in [1.165, 1.54) is 0 Å². The minimum atomic E-state index is -1.73. The Morgan fingerprint density at radius 3 is 2.62 bits per heavy atom. The van der Waals surface area contributed by atoms with Gasteiger partial charge in [0, 0.05) is 5.56 Å². The molecule has 0 saturated heterocycles. The van der Waals surface area contributed by atoms with Crippen LogP contribution in [0.3, 0.4) is 0 Å². The van der Waals surface area contributed by atoms with Crippen LogP contribution in [0.15, 0.2) is 18.2 Å². The first-order valence-electron chi connectivity index (χ1n) is 9.10. The molecule has 2 atom stereocenters. The number of aliphatic hydroxyl groups is 2. The number of hydrogen-bond donors (Lipinski definition) is 2. The second-order valence-electron chi connectivity index (χ2n) is 6.85. The molecular formula is C20H28O6. The molecule has 1 fully saturated rings. The van der Waals surface area contributed by atoms with Gasteiger partial charge < -0.3 is 19.7 Å². The molecule has 26 heavy (non-hydrogen) atoms. The number of benzene rings is 1. The standard InChI is InChI=1S/C20H28O6/c1-14-6-7-16(13-15(14)2)18(22)20(24)8-4-3-5-17(20)19(23)26-12-11-25-10-9-21/h6-7,13,17,21,24H,3-5,8-12H2,1-2H3. The van der Waals surface area contributed by atoms with Crippen LogP contribution in [-0.4, -0.2) is 54.0 Å². The highest BCUT2D eigenvalue weighted by molar-refractivity contribution is 6.05. The van der Waals surface area contributed by atoms with E-state index in [4.69, 9.17) is 14.6 Å². The Morgan fingerprint density at radius 1 is 1.15 bits per heavy atom. The summed E-state index contributed by atoms with van der Waals surface area (Å²) >= 11 is 0. The molecule has 1 aliphatic rings. The van der Waals surface area contributed by atoms with Crippen LogP contribution in [0.2, 0.25) is 0 Å². The minimum absolute atomic E-state index is 0.0310. The molecule has 2 unspecified atom stereocenters. The van der Waals surface area contributed by atoms with Gasteiger partial charge in [-0.2, -0.15) is 0 Å². The first kappa shape index (κ1) is 20.6. The van der Waals surface area contributed by atoms with Crippen LogP contribution in [0.25, 0.3) is 0 Å². The highest BCUT2D eigenvalue weighted by atomic mass is 16.6. The van der Waals surface area contributed by atoms with E-state index in [0.717, 1.165) is 17.5 Å². The molecule has 6 heteroatoms. The van der Waals surface area contributed by atoms with Crippen molar-refractivity contribution in [1.82, 2.24) is 0 Å². The number of aryl methyl sites for hydroxylation is 2. The van der Waals surface area contributed by atoms with Crippen molar-refractivity contribution in [3.05, 3.63) is 34.9 Å². The molecule has 144 valence electrons. The first-order chi connectivity index (χ1) is 12.4. The molecule has 0 radical (unpaired) electrons. The average Bonchev–Trinajstić information content (AvgIpc) is 2.63. The molecule has 0 aromatic heterocycles. The molecule has 2 rings (SSSR count). The Balaban J connectivity index is 2.10. The van der Waals surface area contributed by atoms with Gasteiger partial charge in [0.05, 0.1) is 25.7 Å². The zero-order chi connectivity index (χ0) is 19.2. The van der Waals surface area contributed by atoms with E-state index in [-0.39, 0.29) is 32.8 Å². The molecule has 2 N–H and O–H groups in total. The van der Waals surface area contributed by atoms with Crippen LogP contribution >= 0.6 is 0 Å². The Hall–Kier alpha value is -1.76. The van der Waals surface area contributed by atoms with E-state index >= 15 is 0 Å². The quantitative estimate of drug-likeness (QED) is 0.416. The highest BCUT2D eigenvalue weighted by Gasteiger charge is 2.49. The Morgan fingerprint density at radius 2 is 1.92 bits per heavy atom. The summed E-state index contributed by atoms with van der Waals surface area (Å²) in [4.78, 5) is 25.5. The predicted octanol–water partition coefficient (Wildman–Crippen LogP) is 1.96. The molecule has 0 bridgehead atoms. The number of ketones is 1. The van der Waals surface area contributed by atoms with Crippen molar-refractivity contribution in [3.63, 3.8) is 0 Å². The van der Waals surface area contributed by atoms with Gasteiger partial charge in [0.2, 0.25) is 0 Å². The predicted molar refractivity (Wildman–Crippen MR) is 96.0 cm³/mol. The Labute approximate surface area is 154 Å². The normalized spacial score (nSPS) is 22.8. The van der Waals surface area contributed by atoms with E-state index in [1.54, 1.807) is 12.1 Å². The van der Waals surface area contributed by atoms with Crippen molar-refractivity contribution >= 4 is 11.8 Å². The van der Waals surface area contributed by atoms with Gasteiger partial charge in [0.15, 0.2) is 5.78 Å². The average molecular weight is 364 g/mol. The van der Waals surface area contributed by atoms with Crippen LogP contribution in [0.1, 0.15) is 47.2 Å². The van der Waals surface area contributed by atoms with Gasteiger partial charge in [-0.05, 0) is 43.9 Å². The lowest BCUT2D eigenvalue weighted by Crippen LogP contribution is -2.51. The fourth-order valence-electron chi connectivity index (χ4n) is 3.34. The number of rotatable bonds is 8. The van der Waals surface area contributed by atoms with Crippen molar-refractivity contribution in [2.45, 2.75) is 45.1 Å². The smallest absolute Gasteiger partial charge is 0.312 e. The van der Waals surface area contributed by atoms with Crippen molar-refractivity contribution in [3.8, 4) is 0 Å². The SMILES string of the molecule is Cc1ccc(C(=O)C2(O)CCCCC2C(=O)OCCOCCO)cc1C. The number of esters is 1.